The number of hydrogen-bond acceptors (Lipinski definition) is 3. The monoisotopic (exact) mass is 358 g/mol. The molecule has 1 saturated heterocycles. The van der Waals surface area contributed by atoms with Gasteiger partial charge in [-0.2, -0.15) is 0 Å². The van der Waals surface area contributed by atoms with Crippen molar-refractivity contribution in [1.29, 1.82) is 0 Å². The molecule has 137 valence electrons. The Morgan fingerprint density at radius 2 is 1.96 bits per heavy atom. The fourth-order valence-electron chi connectivity index (χ4n) is 3.75. The molecule has 0 amide bonds. The lowest BCUT2D eigenvalue weighted by atomic mass is 9.86. The van der Waals surface area contributed by atoms with Crippen LogP contribution in [0.1, 0.15) is 56.0 Å². The van der Waals surface area contributed by atoms with Crippen molar-refractivity contribution < 1.29 is 9.53 Å². The van der Waals surface area contributed by atoms with Gasteiger partial charge < -0.3 is 10.1 Å². The van der Waals surface area contributed by atoms with Crippen molar-refractivity contribution in [1.82, 2.24) is 5.32 Å². The third-order valence-corrected chi connectivity index (χ3v) is 9.13. The summed E-state index contributed by atoms with van der Waals surface area (Å²) in [7, 11) is -0.572. The Hall–Kier alpha value is -1.13. The van der Waals surface area contributed by atoms with Gasteiger partial charge >= 0.3 is 0 Å². The molecule has 1 N–H and O–H groups in total. The van der Waals surface area contributed by atoms with E-state index in [-0.39, 0.29) is 5.92 Å². The quantitative estimate of drug-likeness (QED) is 0.799. The number of carbonyl (C=O) groups is 1. The lowest BCUT2D eigenvalue weighted by Gasteiger charge is -2.25. The zero-order valence-corrected chi connectivity index (χ0v) is 17.2. The zero-order valence-electron chi connectivity index (χ0n) is 16.2. The predicted molar refractivity (Wildman–Crippen MR) is 105 cm³/mol. The minimum Gasteiger partial charge on any atom is -0.497 e. The number of ether oxygens (including phenoxy) is 1. The van der Waals surface area contributed by atoms with Crippen LogP contribution in [0.5, 0.6) is 5.75 Å². The number of rotatable bonds is 5. The van der Waals surface area contributed by atoms with Gasteiger partial charge in [0.25, 0.3) is 0 Å². The normalized spacial score (nSPS) is 21.6. The molecule has 4 heteroatoms. The summed E-state index contributed by atoms with van der Waals surface area (Å²) in [5, 5.41) is 3.74. The first kappa shape index (κ1) is 18.7. The average molecular weight is 359 g/mol. The van der Waals surface area contributed by atoms with E-state index in [9.17, 15) is 4.79 Å². The summed E-state index contributed by atoms with van der Waals surface area (Å²) in [6, 6.07) is 6.17. The second kappa shape index (κ2) is 7.63. The molecule has 1 aliphatic heterocycles. The highest BCUT2D eigenvalue weighted by Crippen LogP contribution is 2.35. The highest BCUT2D eigenvalue weighted by molar-refractivity contribution is 6.60. The smallest absolute Gasteiger partial charge is 0.166 e. The third-order valence-electron chi connectivity index (χ3n) is 6.00. The SMILES string of the molecule is C[Si](COc1ccc2c(c1)C(=O)C(CC1CCNCC1)C2)C(C)(C)C. The molecular weight excluding hydrogens is 326 g/mol. The molecule has 3 nitrogen and oxygen atoms in total. The molecule has 0 saturated carbocycles. The topological polar surface area (TPSA) is 38.3 Å². The Balaban J connectivity index is 1.61. The van der Waals surface area contributed by atoms with Crippen LogP contribution in [-0.4, -0.2) is 33.9 Å². The maximum atomic E-state index is 12.9. The number of carbonyl (C=O) groups excluding carboxylic acids is 1. The molecule has 1 aromatic rings. The van der Waals surface area contributed by atoms with Gasteiger partial charge in [0.2, 0.25) is 0 Å². The fraction of sp³-hybridized carbons (Fsp3) is 0.667. The second-order valence-electron chi connectivity index (χ2n) is 8.83. The summed E-state index contributed by atoms with van der Waals surface area (Å²) in [5.41, 5.74) is 2.13. The third kappa shape index (κ3) is 4.53. The number of benzene rings is 1. The van der Waals surface area contributed by atoms with Crippen LogP contribution in [0.2, 0.25) is 11.6 Å². The van der Waals surface area contributed by atoms with Crippen molar-refractivity contribution in [2.24, 2.45) is 11.8 Å². The van der Waals surface area contributed by atoms with Gasteiger partial charge in [0.05, 0.1) is 15.0 Å². The van der Waals surface area contributed by atoms with Crippen LogP contribution >= 0.6 is 0 Å². The number of nitrogens with one attached hydrogen (secondary N) is 1. The van der Waals surface area contributed by atoms with Crippen LogP contribution in [0, 0.1) is 11.8 Å². The van der Waals surface area contributed by atoms with E-state index in [4.69, 9.17) is 4.74 Å². The van der Waals surface area contributed by atoms with Crippen molar-refractivity contribution >= 4 is 14.6 Å². The van der Waals surface area contributed by atoms with Crippen LogP contribution in [0.15, 0.2) is 18.2 Å². The Kier molecular flexibility index (Phi) is 5.69. The summed E-state index contributed by atoms with van der Waals surface area (Å²) < 4.78 is 6.04. The molecule has 0 spiro atoms. The maximum absolute atomic E-state index is 12.9. The van der Waals surface area contributed by atoms with Gasteiger partial charge in [-0.25, -0.2) is 0 Å². The molecule has 3 rings (SSSR count). The first-order valence-corrected chi connectivity index (χ1v) is 11.9. The van der Waals surface area contributed by atoms with Crippen molar-refractivity contribution in [3.63, 3.8) is 0 Å². The lowest BCUT2D eigenvalue weighted by Crippen LogP contribution is -2.29. The van der Waals surface area contributed by atoms with Gasteiger partial charge in [-0.3, -0.25) is 4.79 Å². The minimum absolute atomic E-state index is 0.189. The number of Topliss-reactive ketones (excluding diaryl/α,β-unsaturated/α-hetero) is 1. The molecule has 25 heavy (non-hydrogen) atoms. The summed E-state index contributed by atoms with van der Waals surface area (Å²) in [5.74, 6) is 2.10. The number of piperidine rings is 1. The second-order valence-corrected chi connectivity index (χ2v) is 12.2. The number of hydrogen-bond donors (Lipinski definition) is 1. The zero-order chi connectivity index (χ0) is 18.0. The van der Waals surface area contributed by atoms with Crippen molar-refractivity contribution in [2.45, 2.75) is 58.0 Å². The van der Waals surface area contributed by atoms with E-state index < -0.39 is 8.80 Å². The summed E-state index contributed by atoms with van der Waals surface area (Å²) in [4.78, 5) is 12.9. The van der Waals surface area contributed by atoms with Gasteiger partial charge in [0.15, 0.2) is 5.78 Å². The Bertz CT molecular complexity index is 617. The summed E-state index contributed by atoms with van der Waals surface area (Å²) >= 11 is 0. The van der Waals surface area contributed by atoms with E-state index in [2.05, 4.69) is 44.8 Å². The molecular formula is C21H32NO2Si. The Labute approximate surface area is 154 Å². The van der Waals surface area contributed by atoms with Gasteiger partial charge in [-0.05, 0) is 67.4 Å². The van der Waals surface area contributed by atoms with Gasteiger partial charge in [0, 0.05) is 11.5 Å². The molecule has 1 radical (unpaired) electrons. The van der Waals surface area contributed by atoms with Crippen LogP contribution in [-0.2, 0) is 6.42 Å². The van der Waals surface area contributed by atoms with Gasteiger partial charge in [0.1, 0.15) is 5.75 Å². The summed E-state index contributed by atoms with van der Waals surface area (Å²) in [6.45, 7) is 11.4. The maximum Gasteiger partial charge on any atom is 0.166 e. The number of fused-ring (bicyclic) bond motifs is 1. The largest absolute Gasteiger partial charge is 0.497 e. The van der Waals surface area contributed by atoms with Crippen molar-refractivity contribution in [3.05, 3.63) is 29.3 Å². The molecule has 2 aliphatic rings. The van der Waals surface area contributed by atoms with E-state index in [1.54, 1.807) is 0 Å². The van der Waals surface area contributed by atoms with E-state index >= 15 is 0 Å². The molecule has 1 atom stereocenters. The first-order valence-electron chi connectivity index (χ1n) is 9.68. The molecule has 0 aromatic heterocycles. The van der Waals surface area contributed by atoms with Crippen LogP contribution in [0.25, 0.3) is 0 Å². The Morgan fingerprint density at radius 1 is 1.24 bits per heavy atom. The summed E-state index contributed by atoms with van der Waals surface area (Å²) in [6.07, 6.45) is 5.19. The molecule has 1 heterocycles. The highest BCUT2D eigenvalue weighted by Gasteiger charge is 2.33. The number of ketones is 1. The van der Waals surface area contributed by atoms with E-state index in [1.165, 1.54) is 18.4 Å². The predicted octanol–water partition coefficient (Wildman–Crippen LogP) is 4.27. The molecule has 1 aliphatic carbocycles. The van der Waals surface area contributed by atoms with E-state index in [0.717, 1.165) is 43.5 Å². The fourth-order valence-corrected chi connectivity index (χ4v) is 4.57. The average Bonchev–Trinajstić information content (AvgIpc) is 2.88. The lowest BCUT2D eigenvalue weighted by molar-refractivity contribution is 0.0912. The standard InChI is InChI=1S/C21H32NO2Si/c1-21(2,3)25(4)14-24-18-6-5-16-12-17(20(23)19(16)13-18)11-15-7-9-22-10-8-15/h5-6,13,15,17,22H,7-12,14H2,1-4H3. The molecule has 0 bridgehead atoms. The van der Waals surface area contributed by atoms with E-state index in [1.807, 2.05) is 6.07 Å². The molecule has 1 fully saturated rings. The van der Waals surface area contributed by atoms with Gasteiger partial charge in [-0.15, -0.1) is 0 Å². The van der Waals surface area contributed by atoms with Crippen LogP contribution in [0.4, 0.5) is 0 Å². The first-order chi connectivity index (χ1) is 11.8. The Morgan fingerprint density at radius 3 is 2.64 bits per heavy atom. The van der Waals surface area contributed by atoms with Gasteiger partial charge in [-0.1, -0.05) is 33.4 Å². The minimum atomic E-state index is -0.572. The molecule has 1 unspecified atom stereocenters. The molecule has 1 aromatic carbocycles. The van der Waals surface area contributed by atoms with Crippen LogP contribution in [0.3, 0.4) is 0 Å². The van der Waals surface area contributed by atoms with E-state index in [0.29, 0.717) is 16.7 Å². The van der Waals surface area contributed by atoms with Crippen molar-refractivity contribution in [2.75, 3.05) is 19.3 Å². The highest BCUT2D eigenvalue weighted by atomic mass is 28.3. The van der Waals surface area contributed by atoms with Crippen LogP contribution < -0.4 is 10.1 Å². The van der Waals surface area contributed by atoms with Crippen molar-refractivity contribution in [3.8, 4) is 5.75 Å².